The first-order valence-corrected chi connectivity index (χ1v) is 5.43. The summed E-state index contributed by atoms with van der Waals surface area (Å²) in [4.78, 5) is 4.19. The molecule has 0 aliphatic carbocycles. The van der Waals surface area contributed by atoms with Crippen LogP contribution in [-0.4, -0.2) is 22.7 Å². The number of nitrogens with zero attached hydrogens (tertiary/aromatic N) is 1. The summed E-state index contributed by atoms with van der Waals surface area (Å²) in [7, 11) is 0. The summed E-state index contributed by atoms with van der Waals surface area (Å²) in [5.74, 6) is 0.542. The van der Waals surface area contributed by atoms with E-state index in [0.717, 1.165) is 5.69 Å². The highest BCUT2D eigenvalue weighted by Gasteiger charge is 2.21. The first-order chi connectivity index (χ1) is 7.15. The van der Waals surface area contributed by atoms with Crippen LogP contribution in [0.3, 0.4) is 0 Å². The number of nitrogens with two attached hydrogens (primary N) is 1. The van der Waals surface area contributed by atoms with Gasteiger partial charge in [-0.1, -0.05) is 19.9 Å². The summed E-state index contributed by atoms with van der Waals surface area (Å²) in [5, 5.41) is 10.0. The molecule has 2 atom stereocenters. The molecule has 3 heteroatoms. The van der Waals surface area contributed by atoms with Crippen molar-refractivity contribution in [3.8, 4) is 0 Å². The number of hydrogen-bond donors (Lipinski definition) is 2. The largest absolute Gasteiger partial charge is 0.392 e. The smallest absolute Gasteiger partial charge is 0.0638 e. The van der Waals surface area contributed by atoms with Crippen molar-refractivity contribution in [2.45, 2.75) is 26.4 Å². The minimum atomic E-state index is -0.398. The van der Waals surface area contributed by atoms with Crippen molar-refractivity contribution in [2.24, 2.45) is 17.6 Å². The third-order valence-electron chi connectivity index (χ3n) is 2.77. The number of aliphatic hydroxyl groups is 1. The molecule has 0 saturated carbocycles. The van der Waals surface area contributed by atoms with Gasteiger partial charge in [0.2, 0.25) is 0 Å². The zero-order valence-corrected chi connectivity index (χ0v) is 9.43. The van der Waals surface area contributed by atoms with Crippen molar-refractivity contribution in [1.82, 2.24) is 4.98 Å². The normalized spacial score (nSPS) is 15.3. The molecule has 84 valence electrons. The number of hydrogen-bond acceptors (Lipinski definition) is 3. The van der Waals surface area contributed by atoms with Crippen molar-refractivity contribution in [3.05, 3.63) is 30.1 Å². The molecule has 2 unspecified atom stereocenters. The summed E-state index contributed by atoms with van der Waals surface area (Å²) in [5.41, 5.74) is 6.57. The Morgan fingerprint density at radius 3 is 2.60 bits per heavy atom. The van der Waals surface area contributed by atoms with Crippen LogP contribution < -0.4 is 5.73 Å². The predicted octanol–water partition coefficient (Wildman–Crippen LogP) is 1.22. The van der Waals surface area contributed by atoms with Gasteiger partial charge in [-0.15, -0.1) is 0 Å². The van der Waals surface area contributed by atoms with Crippen LogP contribution in [0.5, 0.6) is 0 Å². The van der Waals surface area contributed by atoms with Gasteiger partial charge in [0.25, 0.3) is 0 Å². The van der Waals surface area contributed by atoms with Crippen LogP contribution in [-0.2, 0) is 6.42 Å². The second kappa shape index (κ2) is 5.83. The fraction of sp³-hybridized carbons (Fsp3) is 0.583. The van der Waals surface area contributed by atoms with E-state index in [9.17, 15) is 5.11 Å². The minimum absolute atomic E-state index is 0.145. The Bertz CT molecular complexity index is 274. The standard InChI is InChI=1S/C12H20N2O/c1-9(2)11(8-13)12(15)7-10-5-3-4-6-14-10/h3-6,9,11-12,15H,7-8,13H2,1-2H3. The van der Waals surface area contributed by atoms with Crippen LogP contribution in [0.15, 0.2) is 24.4 Å². The number of rotatable bonds is 5. The molecular weight excluding hydrogens is 188 g/mol. The quantitative estimate of drug-likeness (QED) is 0.764. The summed E-state index contributed by atoms with van der Waals surface area (Å²) in [6.45, 7) is 4.68. The molecule has 1 rings (SSSR count). The van der Waals surface area contributed by atoms with E-state index in [-0.39, 0.29) is 5.92 Å². The van der Waals surface area contributed by atoms with Crippen LogP contribution in [0.4, 0.5) is 0 Å². The van der Waals surface area contributed by atoms with Crippen molar-refractivity contribution in [2.75, 3.05) is 6.54 Å². The molecular formula is C12H20N2O. The van der Waals surface area contributed by atoms with Crippen molar-refractivity contribution in [3.63, 3.8) is 0 Å². The van der Waals surface area contributed by atoms with E-state index in [2.05, 4.69) is 18.8 Å². The average Bonchev–Trinajstić information content (AvgIpc) is 2.19. The maximum atomic E-state index is 10.0. The maximum Gasteiger partial charge on any atom is 0.0638 e. The van der Waals surface area contributed by atoms with E-state index < -0.39 is 6.10 Å². The molecule has 0 radical (unpaired) electrons. The average molecular weight is 208 g/mol. The molecule has 0 saturated heterocycles. The van der Waals surface area contributed by atoms with Gasteiger partial charge in [-0.25, -0.2) is 0 Å². The fourth-order valence-corrected chi connectivity index (χ4v) is 1.76. The van der Waals surface area contributed by atoms with E-state index in [1.807, 2.05) is 18.2 Å². The van der Waals surface area contributed by atoms with E-state index in [1.54, 1.807) is 6.20 Å². The third kappa shape index (κ3) is 3.61. The van der Waals surface area contributed by atoms with Crippen LogP contribution in [0, 0.1) is 11.8 Å². The van der Waals surface area contributed by atoms with E-state index in [0.29, 0.717) is 18.9 Å². The predicted molar refractivity (Wildman–Crippen MR) is 61.3 cm³/mol. The van der Waals surface area contributed by atoms with Crippen LogP contribution in [0.25, 0.3) is 0 Å². The van der Waals surface area contributed by atoms with E-state index in [1.165, 1.54) is 0 Å². The highest BCUT2D eigenvalue weighted by Crippen LogP contribution is 2.16. The molecule has 0 fully saturated rings. The van der Waals surface area contributed by atoms with Gasteiger partial charge in [0.1, 0.15) is 0 Å². The van der Waals surface area contributed by atoms with Crippen molar-refractivity contribution in [1.29, 1.82) is 0 Å². The van der Waals surface area contributed by atoms with E-state index >= 15 is 0 Å². The Hall–Kier alpha value is -0.930. The van der Waals surface area contributed by atoms with Gasteiger partial charge in [-0.05, 0) is 30.5 Å². The molecule has 0 bridgehead atoms. The van der Waals surface area contributed by atoms with Gasteiger partial charge in [0, 0.05) is 18.3 Å². The molecule has 0 aromatic carbocycles. The highest BCUT2D eigenvalue weighted by atomic mass is 16.3. The van der Waals surface area contributed by atoms with Crippen LogP contribution in [0.1, 0.15) is 19.5 Å². The lowest BCUT2D eigenvalue weighted by Crippen LogP contribution is -2.33. The molecule has 0 spiro atoms. The van der Waals surface area contributed by atoms with E-state index in [4.69, 9.17) is 5.73 Å². The Labute approximate surface area is 91.3 Å². The summed E-state index contributed by atoms with van der Waals surface area (Å²) < 4.78 is 0. The minimum Gasteiger partial charge on any atom is -0.392 e. The zero-order chi connectivity index (χ0) is 11.3. The lowest BCUT2D eigenvalue weighted by Gasteiger charge is -2.24. The molecule has 1 aromatic heterocycles. The highest BCUT2D eigenvalue weighted by molar-refractivity contribution is 5.05. The molecule has 3 nitrogen and oxygen atoms in total. The number of aliphatic hydroxyl groups excluding tert-OH is 1. The number of aromatic nitrogens is 1. The van der Waals surface area contributed by atoms with Gasteiger partial charge in [-0.2, -0.15) is 0 Å². The second-order valence-corrected chi connectivity index (χ2v) is 4.24. The molecule has 0 amide bonds. The van der Waals surface area contributed by atoms with Gasteiger partial charge in [-0.3, -0.25) is 4.98 Å². The summed E-state index contributed by atoms with van der Waals surface area (Å²) in [6.07, 6.45) is 1.93. The van der Waals surface area contributed by atoms with Crippen LogP contribution in [0.2, 0.25) is 0 Å². The Morgan fingerprint density at radius 1 is 1.40 bits per heavy atom. The molecule has 3 N–H and O–H groups in total. The fourth-order valence-electron chi connectivity index (χ4n) is 1.76. The van der Waals surface area contributed by atoms with Gasteiger partial charge in [0.05, 0.1) is 6.10 Å². The monoisotopic (exact) mass is 208 g/mol. The molecule has 1 heterocycles. The Balaban J connectivity index is 2.58. The first kappa shape index (κ1) is 12.1. The maximum absolute atomic E-state index is 10.0. The second-order valence-electron chi connectivity index (χ2n) is 4.24. The number of pyridine rings is 1. The zero-order valence-electron chi connectivity index (χ0n) is 9.43. The van der Waals surface area contributed by atoms with Crippen molar-refractivity contribution < 1.29 is 5.11 Å². The molecule has 1 aromatic rings. The van der Waals surface area contributed by atoms with Crippen LogP contribution >= 0.6 is 0 Å². The van der Waals surface area contributed by atoms with Gasteiger partial charge < -0.3 is 10.8 Å². The topological polar surface area (TPSA) is 59.1 Å². The third-order valence-corrected chi connectivity index (χ3v) is 2.77. The molecule has 15 heavy (non-hydrogen) atoms. The summed E-state index contributed by atoms with van der Waals surface area (Å²) >= 11 is 0. The van der Waals surface area contributed by atoms with Gasteiger partial charge >= 0.3 is 0 Å². The van der Waals surface area contributed by atoms with Gasteiger partial charge in [0.15, 0.2) is 0 Å². The SMILES string of the molecule is CC(C)C(CN)C(O)Cc1ccccn1. The lowest BCUT2D eigenvalue weighted by atomic mass is 9.88. The van der Waals surface area contributed by atoms with Crippen molar-refractivity contribution >= 4 is 0 Å². The molecule has 0 aliphatic heterocycles. The lowest BCUT2D eigenvalue weighted by molar-refractivity contribution is 0.0855. The Kier molecular flexibility index (Phi) is 4.72. The Morgan fingerprint density at radius 2 is 2.13 bits per heavy atom. The first-order valence-electron chi connectivity index (χ1n) is 5.43. The summed E-state index contributed by atoms with van der Waals surface area (Å²) in [6, 6.07) is 5.73. The molecule has 0 aliphatic rings.